The molecule has 1 N–H and O–H groups in total. The minimum Gasteiger partial charge on any atom is -0.363 e. The van der Waals surface area contributed by atoms with E-state index in [0.29, 0.717) is 11.5 Å². The molecule has 3 rings (SSSR count). The van der Waals surface area contributed by atoms with Crippen molar-refractivity contribution in [2.24, 2.45) is 5.92 Å². The van der Waals surface area contributed by atoms with E-state index in [1.54, 1.807) is 23.6 Å². The van der Waals surface area contributed by atoms with E-state index in [1.165, 1.54) is 30.6 Å². The van der Waals surface area contributed by atoms with Crippen LogP contribution in [0.15, 0.2) is 35.8 Å². The van der Waals surface area contributed by atoms with E-state index in [0.717, 1.165) is 5.82 Å². The van der Waals surface area contributed by atoms with Crippen molar-refractivity contribution in [3.05, 3.63) is 46.3 Å². The molecule has 0 unspecified atom stereocenters. The Morgan fingerprint density at radius 1 is 1.35 bits per heavy atom. The second-order valence-electron chi connectivity index (χ2n) is 6.31. The fourth-order valence-corrected chi connectivity index (χ4v) is 4.08. The standard InChI is InChI=1S/C18H23N3OS/c1-21(2)16-12-14(9-10-19-16)18(22)20-17(13-6-3-4-7-13)15-8-5-11-23-15/h5,8-13,17H,3-4,6-7H2,1-2H3,(H,20,22)/t17-/m0/s1. The van der Waals surface area contributed by atoms with Gasteiger partial charge in [-0.25, -0.2) is 4.98 Å². The lowest BCUT2D eigenvalue weighted by Gasteiger charge is -2.24. The number of carbonyl (C=O) groups excluding carboxylic acids is 1. The minimum absolute atomic E-state index is 0.0131. The van der Waals surface area contributed by atoms with E-state index in [2.05, 4.69) is 27.8 Å². The Morgan fingerprint density at radius 2 is 2.13 bits per heavy atom. The summed E-state index contributed by atoms with van der Waals surface area (Å²) in [6, 6.07) is 7.94. The highest BCUT2D eigenvalue weighted by Gasteiger charge is 2.28. The molecule has 2 heterocycles. The number of aromatic nitrogens is 1. The quantitative estimate of drug-likeness (QED) is 0.905. The zero-order valence-electron chi connectivity index (χ0n) is 13.7. The number of hydrogen-bond acceptors (Lipinski definition) is 4. The van der Waals surface area contributed by atoms with Gasteiger partial charge in [0.05, 0.1) is 6.04 Å². The maximum Gasteiger partial charge on any atom is 0.251 e. The second kappa shape index (κ2) is 7.13. The molecule has 1 aliphatic carbocycles. The zero-order valence-corrected chi connectivity index (χ0v) is 14.5. The smallest absolute Gasteiger partial charge is 0.251 e. The van der Waals surface area contributed by atoms with Gasteiger partial charge in [-0.05, 0) is 42.3 Å². The van der Waals surface area contributed by atoms with Crippen LogP contribution in [0.5, 0.6) is 0 Å². The van der Waals surface area contributed by atoms with Gasteiger partial charge in [-0.1, -0.05) is 18.9 Å². The first kappa shape index (κ1) is 16.0. The van der Waals surface area contributed by atoms with Gasteiger partial charge in [-0.15, -0.1) is 11.3 Å². The lowest BCUT2D eigenvalue weighted by molar-refractivity contribution is 0.0922. The molecule has 0 spiro atoms. The van der Waals surface area contributed by atoms with E-state index in [4.69, 9.17) is 0 Å². The van der Waals surface area contributed by atoms with Crippen LogP contribution < -0.4 is 10.2 Å². The molecule has 0 aromatic carbocycles. The average molecular weight is 329 g/mol. The number of carbonyl (C=O) groups is 1. The van der Waals surface area contributed by atoms with Gasteiger partial charge < -0.3 is 10.2 Å². The topological polar surface area (TPSA) is 45.2 Å². The van der Waals surface area contributed by atoms with Gasteiger partial charge in [0.15, 0.2) is 0 Å². The maximum absolute atomic E-state index is 12.7. The van der Waals surface area contributed by atoms with Crippen molar-refractivity contribution in [2.75, 3.05) is 19.0 Å². The number of anilines is 1. The summed E-state index contributed by atoms with van der Waals surface area (Å²) < 4.78 is 0. The fourth-order valence-electron chi connectivity index (χ4n) is 3.21. The Labute approximate surface area is 141 Å². The second-order valence-corrected chi connectivity index (χ2v) is 7.29. The summed E-state index contributed by atoms with van der Waals surface area (Å²) in [4.78, 5) is 20.2. The lowest BCUT2D eigenvalue weighted by Crippen LogP contribution is -2.32. The number of pyridine rings is 1. The van der Waals surface area contributed by atoms with Crippen LogP contribution in [-0.2, 0) is 0 Å². The normalized spacial score (nSPS) is 16.3. The van der Waals surface area contributed by atoms with Crippen molar-refractivity contribution in [3.63, 3.8) is 0 Å². The minimum atomic E-state index is -0.0131. The fraction of sp³-hybridized carbons (Fsp3) is 0.444. The summed E-state index contributed by atoms with van der Waals surface area (Å²) in [5.74, 6) is 1.33. The largest absolute Gasteiger partial charge is 0.363 e. The van der Waals surface area contributed by atoms with Crippen molar-refractivity contribution in [1.82, 2.24) is 10.3 Å². The number of hydrogen-bond donors (Lipinski definition) is 1. The molecule has 1 fully saturated rings. The van der Waals surface area contributed by atoms with Crippen molar-refractivity contribution >= 4 is 23.1 Å². The highest BCUT2D eigenvalue weighted by atomic mass is 32.1. The van der Waals surface area contributed by atoms with Gasteiger partial charge in [-0.3, -0.25) is 4.79 Å². The molecule has 1 saturated carbocycles. The van der Waals surface area contributed by atoms with Crippen molar-refractivity contribution in [2.45, 2.75) is 31.7 Å². The molecule has 0 bridgehead atoms. The Balaban J connectivity index is 1.79. The van der Waals surface area contributed by atoms with Crippen LogP contribution in [0.3, 0.4) is 0 Å². The molecule has 0 saturated heterocycles. The zero-order chi connectivity index (χ0) is 16.2. The van der Waals surface area contributed by atoms with Gasteiger partial charge in [0.25, 0.3) is 5.91 Å². The molecular formula is C18H23N3OS. The molecule has 1 atom stereocenters. The molecule has 1 aliphatic rings. The number of amides is 1. The summed E-state index contributed by atoms with van der Waals surface area (Å²) in [7, 11) is 3.86. The average Bonchev–Trinajstić information content (AvgIpc) is 3.26. The first-order valence-corrected chi connectivity index (χ1v) is 9.01. The number of nitrogens with one attached hydrogen (secondary N) is 1. The van der Waals surface area contributed by atoms with E-state index in [1.807, 2.05) is 25.1 Å². The summed E-state index contributed by atoms with van der Waals surface area (Å²) in [6.07, 6.45) is 6.62. The van der Waals surface area contributed by atoms with Gasteiger partial charge in [0, 0.05) is 30.7 Å². The van der Waals surface area contributed by atoms with Gasteiger partial charge >= 0.3 is 0 Å². The van der Waals surface area contributed by atoms with E-state index < -0.39 is 0 Å². The SMILES string of the molecule is CN(C)c1cc(C(=O)N[C@H](c2cccs2)C2CCCC2)ccn1. The van der Waals surface area contributed by atoms with Gasteiger partial charge in [0.1, 0.15) is 5.82 Å². The molecule has 23 heavy (non-hydrogen) atoms. The highest BCUT2D eigenvalue weighted by molar-refractivity contribution is 7.10. The third-order valence-electron chi connectivity index (χ3n) is 4.47. The van der Waals surface area contributed by atoms with Crippen LogP contribution in [0.2, 0.25) is 0 Å². The Kier molecular flexibility index (Phi) is 4.96. The molecule has 0 aliphatic heterocycles. The Bertz CT molecular complexity index is 648. The van der Waals surface area contributed by atoms with Crippen molar-refractivity contribution in [1.29, 1.82) is 0 Å². The molecule has 122 valence electrons. The highest BCUT2D eigenvalue weighted by Crippen LogP contribution is 2.37. The maximum atomic E-state index is 12.7. The van der Waals surface area contributed by atoms with Gasteiger partial charge in [0.2, 0.25) is 0 Å². The molecule has 2 aromatic rings. The van der Waals surface area contributed by atoms with Crippen LogP contribution in [0.1, 0.15) is 47.0 Å². The predicted molar refractivity (Wildman–Crippen MR) is 95.0 cm³/mol. The van der Waals surface area contributed by atoms with E-state index >= 15 is 0 Å². The number of thiophene rings is 1. The van der Waals surface area contributed by atoms with Crippen LogP contribution in [-0.4, -0.2) is 25.0 Å². The predicted octanol–water partition coefficient (Wildman–Crippen LogP) is 3.87. The summed E-state index contributed by atoms with van der Waals surface area (Å²) in [6.45, 7) is 0. The lowest BCUT2D eigenvalue weighted by atomic mass is 9.96. The van der Waals surface area contributed by atoms with E-state index in [-0.39, 0.29) is 11.9 Å². The Morgan fingerprint density at radius 3 is 2.78 bits per heavy atom. The molecule has 4 nitrogen and oxygen atoms in total. The molecule has 0 radical (unpaired) electrons. The summed E-state index contributed by atoms with van der Waals surface area (Å²) in [5, 5.41) is 5.35. The summed E-state index contributed by atoms with van der Waals surface area (Å²) in [5.41, 5.74) is 0.670. The van der Waals surface area contributed by atoms with Crippen LogP contribution >= 0.6 is 11.3 Å². The van der Waals surface area contributed by atoms with Gasteiger partial charge in [-0.2, -0.15) is 0 Å². The first-order valence-electron chi connectivity index (χ1n) is 8.13. The third-order valence-corrected chi connectivity index (χ3v) is 5.43. The van der Waals surface area contributed by atoms with Crippen LogP contribution in [0.4, 0.5) is 5.82 Å². The van der Waals surface area contributed by atoms with Crippen LogP contribution in [0.25, 0.3) is 0 Å². The molecule has 1 amide bonds. The third kappa shape index (κ3) is 3.72. The monoisotopic (exact) mass is 329 g/mol. The summed E-state index contributed by atoms with van der Waals surface area (Å²) >= 11 is 1.73. The molecule has 2 aromatic heterocycles. The van der Waals surface area contributed by atoms with Crippen molar-refractivity contribution < 1.29 is 4.79 Å². The number of nitrogens with zero attached hydrogens (tertiary/aromatic N) is 2. The molecule has 5 heteroatoms. The first-order chi connectivity index (χ1) is 11.1. The number of rotatable bonds is 5. The molecular weight excluding hydrogens is 306 g/mol. The Hall–Kier alpha value is -1.88. The van der Waals surface area contributed by atoms with E-state index in [9.17, 15) is 4.79 Å². The van der Waals surface area contributed by atoms with Crippen molar-refractivity contribution in [3.8, 4) is 0 Å². The van der Waals surface area contributed by atoms with Crippen LogP contribution in [0, 0.1) is 5.92 Å².